The van der Waals surface area contributed by atoms with Crippen molar-refractivity contribution in [2.45, 2.75) is 32.0 Å². The number of rotatable bonds is 7. The first-order valence-corrected chi connectivity index (χ1v) is 11.5. The number of hydrogen-bond donors (Lipinski definition) is 2. The van der Waals surface area contributed by atoms with E-state index in [-0.39, 0.29) is 34.8 Å². The summed E-state index contributed by atoms with van der Waals surface area (Å²) in [4.78, 5) is 30.7. The van der Waals surface area contributed by atoms with Crippen LogP contribution in [0.2, 0.25) is 0 Å². The molecule has 2 amide bonds. The quantitative estimate of drug-likeness (QED) is 0.383. The summed E-state index contributed by atoms with van der Waals surface area (Å²) in [5.74, 6) is 4.53. The highest BCUT2D eigenvalue weighted by atomic mass is 19.1. The topological polar surface area (TPSA) is 120 Å². The zero-order valence-electron chi connectivity index (χ0n) is 20.4. The SMILES string of the molecule is C=CC(=O)N1C[C@@H](n2nc(C#Cc3cc4ncn(CC)c4cc3F)c(C(N)=O)c2NC)C[C@@H]1COC. The van der Waals surface area contributed by atoms with Crippen LogP contribution in [0.4, 0.5) is 10.2 Å². The second kappa shape index (κ2) is 10.2. The Morgan fingerprint density at radius 1 is 1.39 bits per heavy atom. The van der Waals surface area contributed by atoms with Gasteiger partial charge in [-0.25, -0.2) is 14.1 Å². The van der Waals surface area contributed by atoms with Crippen LogP contribution in [0.3, 0.4) is 0 Å². The number of methoxy groups -OCH3 is 1. The van der Waals surface area contributed by atoms with Crippen molar-refractivity contribution in [3.63, 3.8) is 0 Å². The maximum absolute atomic E-state index is 14.8. The largest absolute Gasteiger partial charge is 0.383 e. The Labute approximate surface area is 207 Å². The molecule has 1 aromatic carbocycles. The molecule has 0 saturated carbocycles. The van der Waals surface area contributed by atoms with Crippen molar-refractivity contribution in [2.24, 2.45) is 5.73 Å². The third-order valence-electron chi connectivity index (χ3n) is 6.31. The van der Waals surface area contributed by atoms with Gasteiger partial charge in [-0.2, -0.15) is 5.10 Å². The first kappa shape index (κ1) is 24.9. The van der Waals surface area contributed by atoms with Crippen molar-refractivity contribution in [1.29, 1.82) is 0 Å². The average Bonchev–Trinajstić information content (AvgIpc) is 3.56. The highest BCUT2D eigenvalue weighted by Gasteiger charge is 2.37. The number of aryl methyl sites for hydroxylation is 1. The summed E-state index contributed by atoms with van der Waals surface area (Å²) in [5.41, 5.74) is 7.30. The average molecular weight is 494 g/mol. The number of nitrogens with two attached hydrogens (primary N) is 1. The number of carbonyl (C=O) groups excluding carboxylic acids is 2. The van der Waals surface area contributed by atoms with E-state index >= 15 is 0 Å². The van der Waals surface area contributed by atoms with Gasteiger partial charge in [0.05, 0.1) is 41.6 Å². The van der Waals surface area contributed by atoms with Crippen LogP contribution in [-0.2, 0) is 16.1 Å². The number of primary amides is 1. The van der Waals surface area contributed by atoms with Gasteiger partial charge in [0.15, 0.2) is 5.69 Å². The van der Waals surface area contributed by atoms with Crippen molar-refractivity contribution in [3.05, 3.63) is 53.8 Å². The van der Waals surface area contributed by atoms with E-state index in [1.165, 1.54) is 12.1 Å². The van der Waals surface area contributed by atoms with Gasteiger partial charge in [-0.3, -0.25) is 9.59 Å². The molecule has 188 valence electrons. The van der Waals surface area contributed by atoms with Gasteiger partial charge in [0.1, 0.15) is 17.2 Å². The fraction of sp³-hybridized carbons (Fsp3) is 0.360. The van der Waals surface area contributed by atoms with Gasteiger partial charge in [0, 0.05) is 33.3 Å². The van der Waals surface area contributed by atoms with Crippen LogP contribution in [0, 0.1) is 17.7 Å². The highest BCUT2D eigenvalue weighted by molar-refractivity contribution is 6.00. The Hall–Kier alpha value is -4.17. The molecule has 2 aromatic heterocycles. The third-order valence-corrected chi connectivity index (χ3v) is 6.31. The second-order valence-corrected chi connectivity index (χ2v) is 8.43. The molecule has 0 spiro atoms. The van der Waals surface area contributed by atoms with E-state index < -0.39 is 11.7 Å². The third kappa shape index (κ3) is 4.43. The molecule has 1 aliphatic rings. The minimum atomic E-state index is -0.724. The number of aromatic nitrogens is 4. The number of nitrogens with zero attached hydrogens (tertiary/aromatic N) is 5. The standard InChI is InChI=1S/C25H28FN7O3/c1-5-22(34)32-12-16(10-17(32)13-36-4)33-25(28-3)23(24(27)35)19(30-33)8-7-15-9-20-21(11-18(15)26)31(6-2)14-29-20/h5,9,11,14,16-17,28H,1,6,10,12-13H2,2-4H3,(H2,27,35)/t16-,17+/m0/s1. The summed E-state index contributed by atoms with van der Waals surface area (Å²) in [7, 11) is 3.21. The summed E-state index contributed by atoms with van der Waals surface area (Å²) in [6, 6.07) is 2.50. The molecule has 0 unspecified atom stereocenters. The highest BCUT2D eigenvalue weighted by Crippen LogP contribution is 2.32. The smallest absolute Gasteiger partial charge is 0.255 e. The van der Waals surface area contributed by atoms with Gasteiger partial charge in [0.25, 0.3) is 5.91 Å². The molecule has 1 aliphatic heterocycles. The number of halogens is 1. The van der Waals surface area contributed by atoms with Crippen LogP contribution >= 0.6 is 0 Å². The van der Waals surface area contributed by atoms with Crippen LogP contribution in [0.5, 0.6) is 0 Å². The van der Waals surface area contributed by atoms with E-state index in [1.807, 2.05) is 11.5 Å². The molecule has 11 heteroatoms. The fourth-order valence-corrected chi connectivity index (χ4v) is 4.62. The molecule has 2 atom stereocenters. The summed E-state index contributed by atoms with van der Waals surface area (Å²) >= 11 is 0. The van der Waals surface area contributed by atoms with E-state index in [4.69, 9.17) is 10.5 Å². The van der Waals surface area contributed by atoms with Crippen molar-refractivity contribution in [2.75, 3.05) is 32.6 Å². The molecular weight excluding hydrogens is 465 g/mol. The van der Waals surface area contributed by atoms with Crippen LogP contribution in [-0.4, -0.2) is 69.4 Å². The van der Waals surface area contributed by atoms with Gasteiger partial charge >= 0.3 is 0 Å². The maximum atomic E-state index is 14.8. The van der Waals surface area contributed by atoms with Crippen molar-refractivity contribution in [3.8, 4) is 11.8 Å². The predicted molar refractivity (Wildman–Crippen MR) is 133 cm³/mol. The zero-order chi connectivity index (χ0) is 26.0. The minimum Gasteiger partial charge on any atom is -0.383 e. The van der Waals surface area contributed by atoms with Gasteiger partial charge in [-0.1, -0.05) is 12.5 Å². The Kier molecular flexibility index (Phi) is 7.07. The number of nitrogens with one attached hydrogen (secondary N) is 1. The summed E-state index contributed by atoms with van der Waals surface area (Å²) in [6.45, 7) is 6.87. The maximum Gasteiger partial charge on any atom is 0.255 e. The number of anilines is 1. The van der Waals surface area contributed by atoms with Crippen molar-refractivity contribution in [1.82, 2.24) is 24.2 Å². The molecule has 3 N–H and O–H groups in total. The number of amides is 2. The lowest BCUT2D eigenvalue weighted by atomic mass is 10.1. The van der Waals surface area contributed by atoms with Crippen molar-refractivity contribution < 1.29 is 18.7 Å². The van der Waals surface area contributed by atoms with Gasteiger partial charge in [-0.05, 0) is 31.4 Å². The van der Waals surface area contributed by atoms with E-state index in [0.717, 1.165) is 0 Å². The van der Waals surface area contributed by atoms with E-state index in [9.17, 15) is 14.0 Å². The molecular formula is C25H28FN7O3. The number of ether oxygens (including phenoxy) is 1. The number of likely N-dealkylation sites (tertiary alicyclic amines) is 1. The molecule has 3 heterocycles. The van der Waals surface area contributed by atoms with Crippen LogP contribution in [0.15, 0.2) is 31.1 Å². The zero-order valence-corrected chi connectivity index (χ0v) is 20.4. The van der Waals surface area contributed by atoms with Crippen LogP contribution in [0.1, 0.15) is 41.0 Å². The lowest BCUT2D eigenvalue weighted by molar-refractivity contribution is -0.127. The van der Waals surface area contributed by atoms with Crippen LogP contribution < -0.4 is 11.1 Å². The normalized spacial score (nSPS) is 17.2. The Bertz CT molecular complexity index is 1400. The number of benzene rings is 1. The molecule has 0 aliphatic carbocycles. The Balaban J connectivity index is 1.75. The predicted octanol–water partition coefficient (Wildman–Crippen LogP) is 1.91. The molecule has 0 radical (unpaired) electrons. The summed E-state index contributed by atoms with van der Waals surface area (Å²) in [5, 5.41) is 7.54. The first-order chi connectivity index (χ1) is 17.3. The second-order valence-electron chi connectivity index (χ2n) is 8.43. The monoisotopic (exact) mass is 493 g/mol. The fourth-order valence-electron chi connectivity index (χ4n) is 4.62. The van der Waals surface area contributed by atoms with Crippen LogP contribution in [0.25, 0.3) is 11.0 Å². The number of fused-ring (bicyclic) bond motifs is 1. The van der Waals surface area contributed by atoms with Crippen molar-refractivity contribution >= 4 is 28.7 Å². The lowest BCUT2D eigenvalue weighted by Crippen LogP contribution is -2.37. The number of carbonyl (C=O) groups is 2. The van der Waals surface area contributed by atoms with Gasteiger partial charge in [0.2, 0.25) is 5.91 Å². The van der Waals surface area contributed by atoms with Gasteiger partial charge in [-0.15, -0.1) is 0 Å². The summed E-state index contributed by atoms with van der Waals surface area (Å²) in [6.07, 6.45) is 3.44. The van der Waals surface area contributed by atoms with E-state index in [0.29, 0.717) is 43.0 Å². The van der Waals surface area contributed by atoms with E-state index in [2.05, 4.69) is 33.8 Å². The van der Waals surface area contributed by atoms with Gasteiger partial charge < -0.3 is 25.3 Å². The lowest BCUT2D eigenvalue weighted by Gasteiger charge is -2.22. The molecule has 4 rings (SSSR count). The number of hydrogen-bond acceptors (Lipinski definition) is 6. The molecule has 0 bridgehead atoms. The molecule has 1 saturated heterocycles. The molecule has 36 heavy (non-hydrogen) atoms. The molecule has 1 fully saturated rings. The molecule has 3 aromatic rings. The first-order valence-electron chi connectivity index (χ1n) is 11.5. The summed E-state index contributed by atoms with van der Waals surface area (Å²) < 4.78 is 23.5. The Morgan fingerprint density at radius 3 is 2.81 bits per heavy atom. The molecule has 10 nitrogen and oxygen atoms in total. The number of imidazole rings is 1. The van der Waals surface area contributed by atoms with E-state index in [1.54, 1.807) is 36.1 Å². The Morgan fingerprint density at radius 2 is 2.17 bits per heavy atom. The minimum absolute atomic E-state index is 0.0959.